The van der Waals surface area contributed by atoms with Crippen molar-refractivity contribution in [3.8, 4) is 0 Å². The van der Waals surface area contributed by atoms with Crippen molar-refractivity contribution in [1.29, 1.82) is 0 Å². The standard InChI is InChI=1S/C21H23N5OS/c27-18-4-7-21(14-26(18)12-16-3-1-8-22-11-16)6-2-9-25(13-21)20-19-17(5-10-28-19)23-15-24-20/h1,3,5,8,10-11,15H,2,4,6-7,9,12-14H2/t21-/m1/s1. The number of hydrogen-bond donors (Lipinski definition) is 0. The molecule has 0 unspecified atom stereocenters. The van der Waals surface area contributed by atoms with Gasteiger partial charge in [0.05, 0.1) is 10.2 Å². The molecular formula is C21H23N5OS. The summed E-state index contributed by atoms with van der Waals surface area (Å²) in [4.78, 5) is 30.2. The molecular weight excluding hydrogens is 370 g/mol. The molecule has 0 N–H and O–H groups in total. The number of aromatic nitrogens is 3. The molecule has 3 aromatic rings. The van der Waals surface area contributed by atoms with Crippen LogP contribution in [0.4, 0.5) is 5.82 Å². The van der Waals surface area contributed by atoms with Gasteiger partial charge in [-0.2, -0.15) is 0 Å². The number of hydrogen-bond acceptors (Lipinski definition) is 6. The first-order chi connectivity index (χ1) is 13.7. The van der Waals surface area contributed by atoms with Crippen molar-refractivity contribution in [2.75, 3.05) is 24.5 Å². The summed E-state index contributed by atoms with van der Waals surface area (Å²) in [6.45, 7) is 3.43. The van der Waals surface area contributed by atoms with Gasteiger partial charge in [0, 0.05) is 50.4 Å². The summed E-state index contributed by atoms with van der Waals surface area (Å²) in [6, 6.07) is 6.03. The third-order valence-electron chi connectivity index (χ3n) is 6.03. The van der Waals surface area contributed by atoms with E-state index in [1.807, 2.05) is 23.2 Å². The molecule has 5 rings (SSSR count). The minimum absolute atomic E-state index is 0.142. The zero-order valence-electron chi connectivity index (χ0n) is 15.8. The molecule has 2 saturated heterocycles. The molecule has 28 heavy (non-hydrogen) atoms. The number of anilines is 1. The average molecular weight is 394 g/mol. The van der Waals surface area contributed by atoms with E-state index in [2.05, 4.69) is 31.3 Å². The van der Waals surface area contributed by atoms with Crippen LogP contribution in [0.3, 0.4) is 0 Å². The Balaban J connectivity index is 1.38. The molecule has 2 aliphatic rings. The number of pyridine rings is 1. The monoisotopic (exact) mass is 393 g/mol. The minimum Gasteiger partial charge on any atom is -0.355 e. The molecule has 6 nitrogen and oxygen atoms in total. The van der Waals surface area contributed by atoms with Crippen LogP contribution < -0.4 is 4.90 Å². The Labute approximate surface area is 168 Å². The van der Waals surface area contributed by atoms with E-state index in [-0.39, 0.29) is 11.3 Å². The second kappa shape index (κ2) is 7.13. The van der Waals surface area contributed by atoms with E-state index in [1.165, 1.54) is 11.1 Å². The molecule has 7 heteroatoms. The Morgan fingerprint density at radius 3 is 3.04 bits per heavy atom. The van der Waals surface area contributed by atoms with Gasteiger partial charge >= 0.3 is 0 Å². The van der Waals surface area contributed by atoms with Crippen LogP contribution in [0.15, 0.2) is 42.3 Å². The van der Waals surface area contributed by atoms with Crippen LogP contribution in [0.5, 0.6) is 0 Å². The third-order valence-corrected chi connectivity index (χ3v) is 6.93. The Hall–Kier alpha value is -2.54. The number of nitrogens with zero attached hydrogens (tertiary/aromatic N) is 5. The first kappa shape index (κ1) is 17.6. The predicted octanol–water partition coefficient (Wildman–Crippen LogP) is 3.50. The van der Waals surface area contributed by atoms with E-state index in [0.717, 1.165) is 49.4 Å². The number of amides is 1. The zero-order chi connectivity index (χ0) is 19.0. The predicted molar refractivity (Wildman–Crippen MR) is 110 cm³/mol. The van der Waals surface area contributed by atoms with Gasteiger partial charge in [0.15, 0.2) is 0 Å². The molecule has 3 aromatic heterocycles. The SMILES string of the molecule is O=C1CC[C@@]2(CCCN(c3ncnc4ccsc34)C2)CN1Cc1cccnc1. The Kier molecular flexibility index (Phi) is 4.47. The fourth-order valence-electron chi connectivity index (χ4n) is 4.68. The minimum atomic E-state index is 0.142. The van der Waals surface area contributed by atoms with Crippen molar-refractivity contribution < 1.29 is 4.79 Å². The first-order valence-corrected chi connectivity index (χ1v) is 10.7. The molecule has 1 atom stereocenters. The highest BCUT2D eigenvalue weighted by Crippen LogP contribution is 2.41. The second-order valence-corrected chi connectivity index (χ2v) is 8.88. The van der Waals surface area contributed by atoms with Crippen LogP contribution in [-0.4, -0.2) is 45.4 Å². The van der Waals surface area contributed by atoms with Crippen molar-refractivity contribution in [2.24, 2.45) is 5.41 Å². The van der Waals surface area contributed by atoms with Gasteiger partial charge in [-0.25, -0.2) is 9.97 Å². The highest BCUT2D eigenvalue weighted by Gasteiger charge is 2.42. The first-order valence-electron chi connectivity index (χ1n) is 9.82. The summed E-state index contributed by atoms with van der Waals surface area (Å²) >= 11 is 1.71. The van der Waals surface area contributed by atoms with Gasteiger partial charge in [0.2, 0.25) is 5.91 Å². The number of likely N-dealkylation sites (tertiary alicyclic amines) is 1. The normalized spacial score (nSPS) is 22.9. The Morgan fingerprint density at radius 2 is 2.14 bits per heavy atom. The van der Waals surface area contributed by atoms with Crippen LogP contribution in [0.25, 0.3) is 10.2 Å². The Morgan fingerprint density at radius 1 is 1.18 bits per heavy atom. The number of carbonyl (C=O) groups excluding carboxylic acids is 1. The van der Waals surface area contributed by atoms with Crippen LogP contribution in [0, 0.1) is 5.41 Å². The smallest absolute Gasteiger partial charge is 0.222 e. The maximum absolute atomic E-state index is 12.6. The molecule has 0 aliphatic carbocycles. The lowest BCUT2D eigenvalue weighted by Gasteiger charge is -2.48. The topological polar surface area (TPSA) is 62.2 Å². The highest BCUT2D eigenvalue weighted by atomic mass is 32.1. The van der Waals surface area contributed by atoms with Gasteiger partial charge in [-0.3, -0.25) is 9.78 Å². The van der Waals surface area contributed by atoms with Gasteiger partial charge in [0.1, 0.15) is 12.1 Å². The molecule has 144 valence electrons. The molecule has 5 heterocycles. The summed E-state index contributed by atoms with van der Waals surface area (Å²) in [5.74, 6) is 1.31. The molecule has 2 fully saturated rings. The second-order valence-electron chi connectivity index (χ2n) is 7.97. The lowest BCUT2D eigenvalue weighted by molar-refractivity contribution is -0.138. The van der Waals surface area contributed by atoms with Crippen molar-refractivity contribution >= 4 is 33.3 Å². The zero-order valence-corrected chi connectivity index (χ0v) is 16.6. The maximum Gasteiger partial charge on any atom is 0.222 e. The van der Waals surface area contributed by atoms with Crippen LogP contribution in [-0.2, 0) is 11.3 Å². The summed E-state index contributed by atoms with van der Waals surface area (Å²) in [7, 11) is 0. The summed E-state index contributed by atoms with van der Waals surface area (Å²) in [6.07, 6.45) is 9.19. The highest BCUT2D eigenvalue weighted by molar-refractivity contribution is 7.17. The summed E-state index contributed by atoms with van der Waals surface area (Å²) < 4.78 is 1.17. The summed E-state index contributed by atoms with van der Waals surface area (Å²) in [5.41, 5.74) is 2.26. The lowest BCUT2D eigenvalue weighted by Crippen LogP contribution is -2.54. The fourth-order valence-corrected chi connectivity index (χ4v) is 5.54. The largest absolute Gasteiger partial charge is 0.355 e. The van der Waals surface area contributed by atoms with Gasteiger partial charge in [-0.15, -0.1) is 11.3 Å². The van der Waals surface area contributed by atoms with E-state index < -0.39 is 0 Å². The third kappa shape index (κ3) is 3.24. The van der Waals surface area contributed by atoms with Crippen LogP contribution in [0.2, 0.25) is 0 Å². The molecule has 2 aliphatic heterocycles. The number of carbonyl (C=O) groups is 1. The lowest BCUT2D eigenvalue weighted by atomic mass is 9.73. The van der Waals surface area contributed by atoms with E-state index in [4.69, 9.17) is 0 Å². The quantitative estimate of drug-likeness (QED) is 0.682. The van der Waals surface area contributed by atoms with Gasteiger partial charge in [0.25, 0.3) is 0 Å². The molecule has 1 spiro atoms. The van der Waals surface area contributed by atoms with Crippen molar-refractivity contribution in [3.63, 3.8) is 0 Å². The number of thiophene rings is 1. The van der Waals surface area contributed by atoms with Crippen molar-refractivity contribution in [2.45, 2.75) is 32.2 Å². The van der Waals surface area contributed by atoms with Gasteiger partial charge in [-0.05, 0) is 42.3 Å². The van der Waals surface area contributed by atoms with Gasteiger partial charge < -0.3 is 9.80 Å². The van der Waals surface area contributed by atoms with E-state index >= 15 is 0 Å². The summed E-state index contributed by atoms with van der Waals surface area (Å²) in [5, 5.41) is 2.08. The molecule has 0 saturated carbocycles. The number of fused-ring (bicyclic) bond motifs is 1. The van der Waals surface area contributed by atoms with Gasteiger partial charge in [-0.1, -0.05) is 6.07 Å². The molecule has 1 amide bonds. The molecule has 0 aromatic carbocycles. The van der Waals surface area contributed by atoms with Crippen LogP contribution >= 0.6 is 11.3 Å². The fraction of sp³-hybridized carbons (Fsp3) is 0.429. The van der Waals surface area contributed by atoms with Crippen LogP contribution in [0.1, 0.15) is 31.2 Å². The van der Waals surface area contributed by atoms with E-state index in [0.29, 0.717) is 13.0 Å². The van der Waals surface area contributed by atoms with E-state index in [1.54, 1.807) is 23.9 Å². The number of piperidine rings is 2. The Bertz CT molecular complexity index is 991. The van der Waals surface area contributed by atoms with Crippen molar-refractivity contribution in [3.05, 3.63) is 47.9 Å². The van der Waals surface area contributed by atoms with Crippen molar-refractivity contribution in [1.82, 2.24) is 19.9 Å². The average Bonchev–Trinajstić information content (AvgIpc) is 3.21. The molecule has 0 radical (unpaired) electrons. The van der Waals surface area contributed by atoms with E-state index in [9.17, 15) is 4.79 Å². The molecule has 0 bridgehead atoms. The number of rotatable bonds is 3. The maximum atomic E-state index is 12.6.